The minimum absolute atomic E-state index is 0.0629. The van der Waals surface area contributed by atoms with Crippen molar-refractivity contribution >= 4 is 34.8 Å². The van der Waals surface area contributed by atoms with Crippen LogP contribution >= 0.6 is 23.2 Å². The molecule has 22 heavy (non-hydrogen) atoms. The van der Waals surface area contributed by atoms with Gasteiger partial charge in [-0.1, -0.05) is 35.3 Å². The molecular weight excluding hydrogens is 325 g/mol. The lowest BCUT2D eigenvalue weighted by Gasteiger charge is -2.20. The highest BCUT2D eigenvalue weighted by atomic mass is 35.5. The number of anilines is 1. The van der Waals surface area contributed by atoms with Gasteiger partial charge in [0.1, 0.15) is 18.5 Å². The van der Waals surface area contributed by atoms with Gasteiger partial charge < -0.3 is 14.8 Å². The quantitative estimate of drug-likeness (QED) is 0.898. The van der Waals surface area contributed by atoms with Gasteiger partial charge in [-0.15, -0.1) is 0 Å². The number of benzene rings is 2. The zero-order chi connectivity index (χ0) is 15.7. The molecule has 0 aromatic heterocycles. The lowest BCUT2D eigenvalue weighted by molar-refractivity contribution is -0.121. The summed E-state index contributed by atoms with van der Waals surface area (Å²) in [6, 6.07) is 10.7. The van der Waals surface area contributed by atoms with Crippen LogP contribution in [0.2, 0.25) is 10.0 Å². The molecule has 1 heterocycles. The summed E-state index contributed by atoms with van der Waals surface area (Å²) < 4.78 is 11.2. The molecule has 6 heteroatoms. The topological polar surface area (TPSA) is 47.6 Å². The molecule has 0 saturated carbocycles. The fourth-order valence-corrected chi connectivity index (χ4v) is 2.94. The van der Waals surface area contributed by atoms with Crippen LogP contribution < -0.4 is 10.1 Å². The van der Waals surface area contributed by atoms with Crippen LogP contribution in [0.15, 0.2) is 36.4 Å². The molecule has 1 atom stereocenters. The van der Waals surface area contributed by atoms with E-state index in [2.05, 4.69) is 5.32 Å². The third-order valence-corrected chi connectivity index (χ3v) is 3.97. The van der Waals surface area contributed by atoms with Gasteiger partial charge >= 0.3 is 0 Å². The van der Waals surface area contributed by atoms with Crippen LogP contribution in [0.5, 0.6) is 5.75 Å². The molecule has 4 nitrogen and oxygen atoms in total. The largest absolute Gasteiger partial charge is 0.495 e. The van der Waals surface area contributed by atoms with Gasteiger partial charge in [-0.05, 0) is 24.3 Å². The number of amides is 1. The van der Waals surface area contributed by atoms with Crippen molar-refractivity contribution < 1.29 is 14.3 Å². The second-order valence-corrected chi connectivity index (χ2v) is 5.68. The number of halogens is 2. The van der Waals surface area contributed by atoms with Crippen molar-refractivity contribution in [2.24, 2.45) is 0 Å². The van der Waals surface area contributed by atoms with Gasteiger partial charge in [0, 0.05) is 21.8 Å². The Kier molecular flexibility index (Phi) is 4.25. The van der Waals surface area contributed by atoms with Crippen LogP contribution in [-0.4, -0.2) is 19.6 Å². The summed E-state index contributed by atoms with van der Waals surface area (Å²) >= 11 is 12.3. The molecule has 0 spiro atoms. The molecule has 0 unspecified atom stereocenters. The van der Waals surface area contributed by atoms with E-state index in [1.165, 1.54) is 0 Å². The SMILES string of the molecule is COc1c(Cl)cccc1[C@H]1OCC(=O)Nc2ccc(Cl)cc21. The smallest absolute Gasteiger partial charge is 0.250 e. The highest BCUT2D eigenvalue weighted by Gasteiger charge is 2.27. The summed E-state index contributed by atoms with van der Waals surface area (Å²) in [5.41, 5.74) is 2.17. The van der Waals surface area contributed by atoms with Crippen molar-refractivity contribution in [2.75, 3.05) is 19.0 Å². The van der Waals surface area contributed by atoms with E-state index in [1.807, 2.05) is 12.1 Å². The van der Waals surface area contributed by atoms with Crippen molar-refractivity contribution in [1.82, 2.24) is 0 Å². The predicted octanol–water partition coefficient (Wildman–Crippen LogP) is 4.06. The number of nitrogens with one attached hydrogen (secondary N) is 1. The van der Waals surface area contributed by atoms with Crippen molar-refractivity contribution in [3.05, 3.63) is 57.6 Å². The van der Waals surface area contributed by atoms with Crippen LogP contribution in [0.1, 0.15) is 17.2 Å². The Labute approximate surface area is 137 Å². The molecule has 1 N–H and O–H groups in total. The molecule has 0 fully saturated rings. The van der Waals surface area contributed by atoms with E-state index < -0.39 is 6.10 Å². The third kappa shape index (κ3) is 2.77. The molecule has 1 aliphatic rings. The normalized spacial score (nSPS) is 17.4. The molecule has 0 aliphatic carbocycles. The maximum absolute atomic E-state index is 11.8. The second kappa shape index (κ2) is 6.16. The highest BCUT2D eigenvalue weighted by molar-refractivity contribution is 6.32. The van der Waals surface area contributed by atoms with E-state index in [0.717, 1.165) is 11.1 Å². The Hall–Kier alpha value is -1.75. The number of para-hydroxylation sites is 1. The van der Waals surface area contributed by atoms with E-state index in [1.54, 1.807) is 31.4 Å². The fraction of sp³-hybridized carbons (Fsp3) is 0.188. The second-order valence-electron chi connectivity index (χ2n) is 4.83. The van der Waals surface area contributed by atoms with Crippen LogP contribution in [0, 0.1) is 0 Å². The molecular formula is C16H13Cl2NO3. The lowest BCUT2D eigenvalue weighted by Crippen LogP contribution is -2.15. The minimum Gasteiger partial charge on any atom is -0.495 e. The van der Waals surface area contributed by atoms with Gasteiger partial charge in [-0.2, -0.15) is 0 Å². The Balaban J connectivity index is 2.17. The highest BCUT2D eigenvalue weighted by Crippen LogP contribution is 2.41. The summed E-state index contributed by atoms with van der Waals surface area (Å²) in [5, 5.41) is 3.85. The molecule has 0 bridgehead atoms. The molecule has 2 aromatic rings. The Bertz CT molecular complexity index is 733. The van der Waals surface area contributed by atoms with Gasteiger partial charge in [0.2, 0.25) is 5.91 Å². The minimum atomic E-state index is -0.499. The maximum Gasteiger partial charge on any atom is 0.250 e. The number of ether oxygens (including phenoxy) is 2. The van der Waals surface area contributed by atoms with E-state index in [-0.39, 0.29) is 12.5 Å². The summed E-state index contributed by atoms with van der Waals surface area (Å²) in [4.78, 5) is 11.8. The monoisotopic (exact) mass is 337 g/mol. The third-order valence-electron chi connectivity index (χ3n) is 3.44. The van der Waals surface area contributed by atoms with Gasteiger partial charge in [-0.3, -0.25) is 4.79 Å². The van der Waals surface area contributed by atoms with E-state index >= 15 is 0 Å². The number of carbonyl (C=O) groups is 1. The summed E-state index contributed by atoms with van der Waals surface area (Å²) in [5.74, 6) is 0.307. The van der Waals surface area contributed by atoms with Crippen LogP contribution in [0.4, 0.5) is 5.69 Å². The van der Waals surface area contributed by atoms with Gasteiger partial charge in [0.25, 0.3) is 0 Å². The first-order valence-electron chi connectivity index (χ1n) is 6.63. The van der Waals surface area contributed by atoms with Crippen LogP contribution in [-0.2, 0) is 9.53 Å². The molecule has 2 aromatic carbocycles. The maximum atomic E-state index is 11.8. The van der Waals surface area contributed by atoms with E-state index in [9.17, 15) is 4.79 Å². The number of hydrogen-bond acceptors (Lipinski definition) is 3. The number of carbonyl (C=O) groups excluding carboxylic acids is 1. The number of fused-ring (bicyclic) bond motifs is 1. The summed E-state index contributed by atoms with van der Waals surface area (Å²) in [6.07, 6.45) is -0.499. The van der Waals surface area contributed by atoms with E-state index in [4.69, 9.17) is 32.7 Å². The van der Waals surface area contributed by atoms with Gasteiger partial charge in [0.15, 0.2) is 0 Å². The molecule has 0 saturated heterocycles. The molecule has 1 amide bonds. The van der Waals surface area contributed by atoms with Crippen molar-refractivity contribution in [3.8, 4) is 5.75 Å². The molecule has 0 radical (unpaired) electrons. The van der Waals surface area contributed by atoms with Gasteiger partial charge in [-0.25, -0.2) is 0 Å². The lowest BCUT2D eigenvalue weighted by atomic mass is 9.99. The van der Waals surface area contributed by atoms with Crippen molar-refractivity contribution in [3.63, 3.8) is 0 Å². The average molecular weight is 338 g/mol. The molecule has 3 rings (SSSR count). The molecule has 1 aliphatic heterocycles. The zero-order valence-electron chi connectivity index (χ0n) is 11.7. The van der Waals surface area contributed by atoms with Crippen LogP contribution in [0.3, 0.4) is 0 Å². The van der Waals surface area contributed by atoms with Crippen molar-refractivity contribution in [1.29, 1.82) is 0 Å². The van der Waals surface area contributed by atoms with E-state index in [0.29, 0.717) is 21.5 Å². The Morgan fingerprint density at radius 1 is 1.23 bits per heavy atom. The zero-order valence-corrected chi connectivity index (χ0v) is 13.2. The number of rotatable bonds is 2. The average Bonchev–Trinajstić information content (AvgIpc) is 2.65. The Morgan fingerprint density at radius 3 is 2.82 bits per heavy atom. The summed E-state index contributed by atoms with van der Waals surface area (Å²) in [7, 11) is 1.55. The predicted molar refractivity (Wildman–Crippen MR) is 85.9 cm³/mol. The first-order valence-corrected chi connectivity index (χ1v) is 7.39. The van der Waals surface area contributed by atoms with Crippen molar-refractivity contribution in [2.45, 2.75) is 6.10 Å². The number of methoxy groups -OCH3 is 1. The first-order chi connectivity index (χ1) is 10.6. The number of hydrogen-bond donors (Lipinski definition) is 1. The van der Waals surface area contributed by atoms with Gasteiger partial charge in [0.05, 0.1) is 12.1 Å². The summed E-state index contributed by atoms with van der Waals surface area (Å²) in [6.45, 7) is -0.0629. The Morgan fingerprint density at radius 2 is 2.05 bits per heavy atom. The first kappa shape index (κ1) is 15.2. The molecule has 114 valence electrons. The van der Waals surface area contributed by atoms with Crippen LogP contribution in [0.25, 0.3) is 0 Å². The standard InChI is InChI=1S/C16H13Cl2NO3/c1-21-16-10(3-2-4-12(16)18)15-11-7-9(17)5-6-13(11)19-14(20)8-22-15/h2-7,15H,8H2,1H3,(H,19,20)/t15-/m1/s1. The fourth-order valence-electron chi connectivity index (χ4n) is 2.50.